The van der Waals surface area contributed by atoms with Crippen LogP contribution < -0.4 is 0 Å². The maximum Gasteiger partial charge on any atom is 0.461 e. The van der Waals surface area contributed by atoms with E-state index in [2.05, 4.69) is 0 Å². The lowest BCUT2D eigenvalue weighted by Crippen LogP contribution is -2.41. The summed E-state index contributed by atoms with van der Waals surface area (Å²) in [7, 11) is -0.287. The Hall–Kier alpha value is -0.345. The third-order valence-electron chi connectivity index (χ3n) is 4.35. The average Bonchev–Trinajstić information content (AvgIpc) is 2.45. The number of ketones is 1. The minimum Gasteiger partial charge on any atom is -0.403 e. The molecule has 0 aromatic carbocycles. The Bertz CT molecular complexity index is 283. The molecule has 1 aliphatic heterocycles. The van der Waals surface area contributed by atoms with E-state index in [0.29, 0.717) is 6.42 Å². The van der Waals surface area contributed by atoms with E-state index in [-0.39, 0.29) is 35.8 Å². The van der Waals surface area contributed by atoms with Crippen LogP contribution in [0.1, 0.15) is 54.9 Å². The molecular formula is C13H25BO3. The summed E-state index contributed by atoms with van der Waals surface area (Å²) in [6.07, 6.45) is 0.574. The molecule has 0 bridgehead atoms. The fourth-order valence-electron chi connectivity index (χ4n) is 1.95. The molecule has 4 heteroatoms. The molecule has 0 saturated carbocycles. The van der Waals surface area contributed by atoms with Crippen LogP contribution in [0.3, 0.4) is 0 Å². The second-order valence-electron chi connectivity index (χ2n) is 6.09. The normalized spacial score (nSPS) is 25.7. The van der Waals surface area contributed by atoms with Crippen molar-refractivity contribution in [2.45, 2.75) is 71.9 Å². The molecule has 0 unspecified atom stereocenters. The molecule has 1 saturated heterocycles. The van der Waals surface area contributed by atoms with E-state index < -0.39 is 0 Å². The van der Waals surface area contributed by atoms with Crippen molar-refractivity contribution < 1.29 is 14.1 Å². The van der Waals surface area contributed by atoms with Gasteiger partial charge in [-0.15, -0.1) is 0 Å². The van der Waals surface area contributed by atoms with Crippen molar-refractivity contribution in [3.8, 4) is 0 Å². The number of Topliss-reactive ketones (excluding diaryl/α,β-unsaturated/α-hetero) is 1. The first-order valence-corrected chi connectivity index (χ1v) is 6.50. The molecule has 0 N–H and O–H groups in total. The number of hydrogen-bond donors (Lipinski definition) is 0. The topological polar surface area (TPSA) is 35.5 Å². The Balaban J connectivity index is 2.74. The van der Waals surface area contributed by atoms with Crippen LogP contribution in [-0.2, 0) is 14.1 Å². The van der Waals surface area contributed by atoms with Gasteiger partial charge in [0, 0.05) is 18.2 Å². The summed E-state index contributed by atoms with van der Waals surface area (Å²) in [5.41, 5.74) is -0.637. The van der Waals surface area contributed by atoms with Gasteiger partial charge in [-0.05, 0) is 27.7 Å². The van der Waals surface area contributed by atoms with Crippen molar-refractivity contribution in [2.24, 2.45) is 5.92 Å². The van der Waals surface area contributed by atoms with E-state index >= 15 is 0 Å². The van der Waals surface area contributed by atoms with Gasteiger partial charge < -0.3 is 9.31 Å². The number of carbonyl (C=O) groups excluding carboxylic acids is 1. The molecule has 1 fully saturated rings. The molecule has 1 aliphatic rings. The van der Waals surface area contributed by atoms with Crippen LogP contribution in [0.5, 0.6) is 0 Å². The number of carbonyl (C=O) groups is 1. The number of hydrogen-bond acceptors (Lipinski definition) is 3. The molecule has 0 spiro atoms. The zero-order chi connectivity index (χ0) is 13.4. The highest BCUT2D eigenvalue weighted by Gasteiger charge is 2.53. The van der Waals surface area contributed by atoms with Gasteiger partial charge in [-0.2, -0.15) is 0 Å². The molecule has 1 rings (SSSR count). The predicted octanol–water partition coefficient (Wildman–Crippen LogP) is 3.08. The predicted molar refractivity (Wildman–Crippen MR) is 70.0 cm³/mol. The molecule has 0 radical (unpaired) electrons. The van der Waals surface area contributed by atoms with E-state index in [1.807, 2.05) is 48.5 Å². The van der Waals surface area contributed by atoms with Crippen LogP contribution in [-0.4, -0.2) is 24.1 Å². The van der Waals surface area contributed by atoms with Crippen molar-refractivity contribution in [2.75, 3.05) is 0 Å². The van der Waals surface area contributed by atoms with Crippen LogP contribution >= 0.6 is 0 Å². The minimum atomic E-state index is -0.319. The quantitative estimate of drug-likeness (QED) is 0.708. The monoisotopic (exact) mass is 240 g/mol. The summed E-state index contributed by atoms with van der Waals surface area (Å²) in [5.74, 6) is 0.338. The van der Waals surface area contributed by atoms with E-state index in [1.165, 1.54) is 0 Å². The molecule has 2 atom stereocenters. The smallest absolute Gasteiger partial charge is 0.403 e. The minimum absolute atomic E-state index is 0.0188. The summed E-state index contributed by atoms with van der Waals surface area (Å²) >= 11 is 0. The van der Waals surface area contributed by atoms with Crippen molar-refractivity contribution in [3.05, 3.63) is 0 Å². The van der Waals surface area contributed by atoms with Gasteiger partial charge in [-0.3, -0.25) is 4.79 Å². The van der Waals surface area contributed by atoms with Crippen LogP contribution in [0.2, 0.25) is 5.82 Å². The van der Waals surface area contributed by atoms with E-state index in [9.17, 15) is 4.79 Å². The average molecular weight is 240 g/mol. The maximum atomic E-state index is 11.7. The second kappa shape index (κ2) is 4.73. The van der Waals surface area contributed by atoms with Crippen LogP contribution in [0.15, 0.2) is 0 Å². The van der Waals surface area contributed by atoms with E-state index in [4.69, 9.17) is 9.31 Å². The lowest BCUT2D eigenvalue weighted by Gasteiger charge is -2.32. The molecule has 0 amide bonds. The molecule has 17 heavy (non-hydrogen) atoms. The third kappa shape index (κ3) is 2.74. The van der Waals surface area contributed by atoms with Gasteiger partial charge in [-0.25, -0.2) is 0 Å². The molecule has 0 aliphatic carbocycles. The standard InChI is InChI=1S/C13H25BO3/c1-8-11(15)9(2)10(3)14-16-12(4,5)13(6,7)17-14/h9-10H,8H2,1-7H3/t9-,10+/m1/s1. The van der Waals surface area contributed by atoms with E-state index in [1.54, 1.807) is 0 Å². The second-order valence-corrected chi connectivity index (χ2v) is 6.09. The Kier molecular flexibility index (Phi) is 4.10. The third-order valence-corrected chi connectivity index (χ3v) is 4.35. The largest absolute Gasteiger partial charge is 0.461 e. The van der Waals surface area contributed by atoms with Crippen molar-refractivity contribution in [1.29, 1.82) is 0 Å². The summed E-state index contributed by atoms with van der Waals surface area (Å²) in [6.45, 7) is 14.0. The van der Waals surface area contributed by atoms with E-state index in [0.717, 1.165) is 0 Å². The Labute approximate surface area is 105 Å². The van der Waals surface area contributed by atoms with Crippen LogP contribution in [0.4, 0.5) is 0 Å². The molecule has 98 valence electrons. The van der Waals surface area contributed by atoms with Gasteiger partial charge in [0.15, 0.2) is 0 Å². The van der Waals surface area contributed by atoms with Crippen molar-refractivity contribution >= 4 is 12.9 Å². The summed E-state index contributed by atoms with van der Waals surface area (Å²) in [4.78, 5) is 11.7. The molecule has 1 heterocycles. The van der Waals surface area contributed by atoms with Gasteiger partial charge in [-0.1, -0.05) is 20.8 Å². The van der Waals surface area contributed by atoms with Gasteiger partial charge in [0.2, 0.25) is 0 Å². The highest BCUT2D eigenvalue weighted by molar-refractivity contribution is 6.48. The Morgan fingerprint density at radius 1 is 1.12 bits per heavy atom. The highest BCUT2D eigenvalue weighted by Crippen LogP contribution is 2.41. The SMILES string of the molecule is CCC(=O)[C@H](C)[C@H](C)B1OC(C)(C)C(C)(C)O1. The van der Waals surface area contributed by atoms with Crippen LogP contribution in [0.25, 0.3) is 0 Å². The molecule has 3 nitrogen and oxygen atoms in total. The fourth-order valence-corrected chi connectivity index (χ4v) is 1.95. The summed E-state index contributed by atoms with van der Waals surface area (Å²) in [5, 5.41) is 0. The fraction of sp³-hybridized carbons (Fsp3) is 0.923. The molecular weight excluding hydrogens is 215 g/mol. The van der Waals surface area contributed by atoms with Gasteiger partial charge in [0.25, 0.3) is 0 Å². The summed E-state index contributed by atoms with van der Waals surface area (Å²) < 4.78 is 11.9. The lowest BCUT2D eigenvalue weighted by atomic mass is 9.65. The number of rotatable bonds is 4. The van der Waals surface area contributed by atoms with Crippen LogP contribution in [0, 0.1) is 5.92 Å². The zero-order valence-corrected chi connectivity index (χ0v) is 12.2. The maximum absolute atomic E-state index is 11.7. The zero-order valence-electron chi connectivity index (χ0n) is 12.2. The van der Waals surface area contributed by atoms with Gasteiger partial charge >= 0.3 is 7.12 Å². The first kappa shape index (κ1) is 14.7. The lowest BCUT2D eigenvalue weighted by molar-refractivity contribution is -0.122. The highest BCUT2D eigenvalue weighted by atomic mass is 16.7. The molecule has 0 aromatic rings. The van der Waals surface area contributed by atoms with Crippen molar-refractivity contribution in [1.82, 2.24) is 0 Å². The van der Waals surface area contributed by atoms with Gasteiger partial charge in [0.1, 0.15) is 5.78 Å². The first-order valence-electron chi connectivity index (χ1n) is 6.50. The van der Waals surface area contributed by atoms with Crippen molar-refractivity contribution in [3.63, 3.8) is 0 Å². The summed E-state index contributed by atoms with van der Waals surface area (Å²) in [6, 6.07) is 0. The Morgan fingerprint density at radius 3 is 1.88 bits per heavy atom. The first-order chi connectivity index (χ1) is 7.62. The Morgan fingerprint density at radius 2 is 1.53 bits per heavy atom. The van der Waals surface area contributed by atoms with Gasteiger partial charge in [0.05, 0.1) is 11.2 Å². The molecule has 0 aromatic heterocycles.